The lowest BCUT2D eigenvalue weighted by Gasteiger charge is -2.28. The summed E-state index contributed by atoms with van der Waals surface area (Å²) in [5.74, 6) is 0.716. The number of esters is 1. The fourth-order valence-electron chi connectivity index (χ4n) is 3.44. The molecule has 1 atom stereocenters. The Bertz CT molecular complexity index is 991. The van der Waals surface area contributed by atoms with E-state index in [9.17, 15) is 13.2 Å². The third kappa shape index (κ3) is 9.73. The molecule has 2 aromatic carbocycles. The summed E-state index contributed by atoms with van der Waals surface area (Å²) in [5.41, 5.74) is 1.78. The van der Waals surface area contributed by atoms with E-state index in [4.69, 9.17) is 18.4 Å². The number of ether oxygens (including phenoxy) is 3. The minimum absolute atomic E-state index is 0.109. The molecule has 2 rings (SSSR count). The van der Waals surface area contributed by atoms with Crippen molar-refractivity contribution in [3.8, 4) is 22.6 Å². The molecule has 0 aliphatic heterocycles. The lowest BCUT2D eigenvalue weighted by atomic mass is 9.78. The maximum Gasteiger partial charge on any atom is 0.309 e. The molecule has 0 saturated heterocycles. The molecule has 2 aromatic rings. The van der Waals surface area contributed by atoms with Gasteiger partial charge in [-0.15, -0.1) is 0 Å². The molecule has 0 N–H and O–H groups in total. The average molecular weight is 493 g/mol. The Balaban J connectivity index is 1.69. The Hall–Kier alpha value is -2.58. The first-order valence-electron chi connectivity index (χ1n) is 11.5. The third-order valence-electron chi connectivity index (χ3n) is 5.17. The van der Waals surface area contributed by atoms with E-state index < -0.39 is 10.1 Å². The van der Waals surface area contributed by atoms with Crippen LogP contribution in [0.2, 0.25) is 0 Å². The zero-order valence-electron chi connectivity index (χ0n) is 20.7. The molecule has 0 amide bonds. The first kappa shape index (κ1) is 27.7. The van der Waals surface area contributed by atoms with E-state index in [1.807, 2.05) is 24.3 Å². The van der Waals surface area contributed by atoms with Crippen LogP contribution in [0.25, 0.3) is 11.1 Å². The van der Waals surface area contributed by atoms with Gasteiger partial charge in [0.05, 0.1) is 25.4 Å². The molecule has 0 bridgehead atoms. The summed E-state index contributed by atoms with van der Waals surface area (Å²) < 4.78 is 43.8. The molecule has 0 aliphatic carbocycles. The van der Waals surface area contributed by atoms with E-state index in [1.54, 1.807) is 24.3 Å². The van der Waals surface area contributed by atoms with Crippen molar-refractivity contribution in [2.24, 2.45) is 11.3 Å². The minimum atomic E-state index is -3.54. The van der Waals surface area contributed by atoms with Gasteiger partial charge >= 0.3 is 16.1 Å². The number of hydrogen-bond acceptors (Lipinski definition) is 7. The van der Waals surface area contributed by atoms with E-state index >= 15 is 0 Å². The van der Waals surface area contributed by atoms with E-state index in [2.05, 4.69) is 27.7 Å². The van der Waals surface area contributed by atoms with Gasteiger partial charge in [-0.2, -0.15) is 8.42 Å². The van der Waals surface area contributed by atoms with Crippen molar-refractivity contribution in [1.82, 2.24) is 0 Å². The monoisotopic (exact) mass is 492 g/mol. The SMILES string of the molecule is CCCC(C(=O)OCCOCCOc1ccc(-c2ccc(OS(C)(=O)=O)cc2)cc1)C(C)(C)C. The molecule has 0 heterocycles. The van der Waals surface area contributed by atoms with Gasteiger partial charge in [-0.1, -0.05) is 58.4 Å². The van der Waals surface area contributed by atoms with Crippen LogP contribution in [0, 0.1) is 11.3 Å². The summed E-state index contributed by atoms with van der Waals surface area (Å²) in [6, 6.07) is 14.4. The van der Waals surface area contributed by atoms with Crippen LogP contribution in [0.1, 0.15) is 40.5 Å². The van der Waals surface area contributed by atoms with Crippen molar-refractivity contribution in [1.29, 1.82) is 0 Å². The fraction of sp³-hybridized carbons (Fsp3) is 0.500. The molecule has 0 spiro atoms. The second-order valence-electron chi connectivity index (χ2n) is 9.17. The summed E-state index contributed by atoms with van der Waals surface area (Å²) in [7, 11) is -3.54. The molecule has 188 valence electrons. The zero-order valence-corrected chi connectivity index (χ0v) is 21.5. The van der Waals surface area contributed by atoms with Gasteiger partial charge in [0, 0.05) is 0 Å². The first-order chi connectivity index (χ1) is 16.0. The normalized spacial score (nSPS) is 12.7. The summed E-state index contributed by atoms with van der Waals surface area (Å²) >= 11 is 0. The van der Waals surface area contributed by atoms with Gasteiger partial charge in [-0.3, -0.25) is 4.79 Å². The van der Waals surface area contributed by atoms with Crippen molar-refractivity contribution in [3.63, 3.8) is 0 Å². The molecule has 8 heteroatoms. The summed E-state index contributed by atoms with van der Waals surface area (Å²) in [6.45, 7) is 9.57. The number of carbonyl (C=O) groups is 1. The molecule has 0 fully saturated rings. The van der Waals surface area contributed by atoms with Crippen molar-refractivity contribution >= 4 is 16.1 Å². The van der Waals surface area contributed by atoms with Gasteiger partial charge in [0.1, 0.15) is 24.7 Å². The predicted octanol–water partition coefficient (Wildman–Crippen LogP) is 5.09. The van der Waals surface area contributed by atoms with Crippen LogP contribution in [-0.2, 0) is 24.4 Å². The second kappa shape index (κ2) is 12.8. The predicted molar refractivity (Wildman–Crippen MR) is 132 cm³/mol. The Morgan fingerprint density at radius 3 is 1.88 bits per heavy atom. The lowest BCUT2D eigenvalue weighted by Crippen LogP contribution is -2.31. The number of carbonyl (C=O) groups excluding carboxylic acids is 1. The van der Waals surface area contributed by atoms with Gasteiger partial charge in [0.25, 0.3) is 0 Å². The van der Waals surface area contributed by atoms with Crippen molar-refractivity contribution in [2.45, 2.75) is 40.5 Å². The highest BCUT2D eigenvalue weighted by molar-refractivity contribution is 7.86. The molecule has 0 aliphatic rings. The molecule has 7 nitrogen and oxygen atoms in total. The Kier molecular flexibility index (Phi) is 10.4. The van der Waals surface area contributed by atoms with Crippen LogP contribution in [0.5, 0.6) is 11.5 Å². The van der Waals surface area contributed by atoms with Crippen LogP contribution >= 0.6 is 0 Å². The van der Waals surface area contributed by atoms with Gasteiger partial charge in [0.2, 0.25) is 0 Å². The second-order valence-corrected chi connectivity index (χ2v) is 10.7. The van der Waals surface area contributed by atoms with E-state index in [1.165, 1.54) is 0 Å². The highest BCUT2D eigenvalue weighted by atomic mass is 32.2. The molecule has 0 saturated carbocycles. The van der Waals surface area contributed by atoms with Gasteiger partial charge in [-0.05, 0) is 47.2 Å². The Morgan fingerprint density at radius 1 is 0.853 bits per heavy atom. The molecule has 34 heavy (non-hydrogen) atoms. The number of hydrogen-bond donors (Lipinski definition) is 0. The topological polar surface area (TPSA) is 88.1 Å². The maximum atomic E-state index is 12.3. The van der Waals surface area contributed by atoms with Crippen molar-refractivity contribution < 1.29 is 31.6 Å². The average Bonchev–Trinajstić information content (AvgIpc) is 2.76. The van der Waals surface area contributed by atoms with Crippen LogP contribution < -0.4 is 8.92 Å². The van der Waals surface area contributed by atoms with Crippen molar-refractivity contribution in [3.05, 3.63) is 48.5 Å². The van der Waals surface area contributed by atoms with Crippen LogP contribution in [0.3, 0.4) is 0 Å². The smallest absolute Gasteiger partial charge is 0.309 e. The van der Waals surface area contributed by atoms with E-state index in [0.717, 1.165) is 30.2 Å². The highest BCUT2D eigenvalue weighted by Crippen LogP contribution is 2.30. The molecule has 0 aromatic heterocycles. The summed E-state index contributed by atoms with van der Waals surface area (Å²) in [4.78, 5) is 12.3. The first-order valence-corrected chi connectivity index (χ1v) is 13.3. The Morgan fingerprint density at radius 2 is 1.38 bits per heavy atom. The number of rotatable bonds is 13. The minimum Gasteiger partial charge on any atom is -0.491 e. The van der Waals surface area contributed by atoms with Crippen LogP contribution in [-0.4, -0.2) is 47.1 Å². The molecular weight excluding hydrogens is 456 g/mol. The van der Waals surface area contributed by atoms with Crippen LogP contribution in [0.15, 0.2) is 48.5 Å². The third-order valence-corrected chi connectivity index (χ3v) is 5.66. The summed E-state index contributed by atoms with van der Waals surface area (Å²) in [5, 5.41) is 0. The van der Waals surface area contributed by atoms with Gasteiger partial charge < -0.3 is 18.4 Å². The zero-order chi connectivity index (χ0) is 25.2. The lowest BCUT2D eigenvalue weighted by molar-refractivity contribution is -0.154. The van der Waals surface area contributed by atoms with Crippen LogP contribution in [0.4, 0.5) is 0 Å². The quantitative estimate of drug-likeness (QED) is 0.219. The highest BCUT2D eigenvalue weighted by Gasteiger charge is 2.31. The maximum absolute atomic E-state index is 12.3. The van der Waals surface area contributed by atoms with Gasteiger partial charge in [0.15, 0.2) is 0 Å². The largest absolute Gasteiger partial charge is 0.491 e. The molecular formula is C26H36O7S. The molecule has 0 radical (unpaired) electrons. The standard InChI is InChI=1S/C26H36O7S/c1-6-7-24(26(2,3)4)25(27)32-19-17-30-16-18-31-22-12-8-20(9-13-22)21-10-14-23(15-11-21)33-34(5,28)29/h8-15,24H,6-7,16-19H2,1-5H3. The van der Waals surface area contributed by atoms with Gasteiger partial charge in [-0.25, -0.2) is 0 Å². The van der Waals surface area contributed by atoms with E-state index in [0.29, 0.717) is 25.6 Å². The fourth-order valence-corrected chi connectivity index (χ4v) is 3.90. The Labute approximate surface area is 203 Å². The summed E-state index contributed by atoms with van der Waals surface area (Å²) in [6.07, 6.45) is 2.77. The van der Waals surface area contributed by atoms with E-state index in [-0.39, 0.29) is 29.7 Å². The number of benzene rings is 2. The molecule has 1 unspecified atom stereocenters. The van der Waals surface area contributed by atoms with Crippen molar-refractivity contribution in [2.75, 3.05) is 32.7 Å².